The molecule has 2 aromatic heterocycles. The molecule has 20 heavy (non-hydrogen) atoms. The zero-order valence-corrected chi connectivity index (χ0v) is 11.5. The quantitative estimate of drug-likeness (QED) is 0.790. The molecule has 2 N–H and O–H groups in total. The molecule has 0 aliphatic heterocycles. The van der Waals surface area contributed by atoms with Gasteiger partial charge >= 0.3 is 0 Å². The van der Waals surface area contributed by atoms with Gasteiger partial charge in [-0.2, -0.15) is 5.10 Å². The third-order valence-corrected chi connectivity index (χ3v) is 3.64. The fourth-order valence-electron chi connectivity index (χ4n) is 2.51. The van der Waals surface area contributed by atoms with E-state index in [4.69, 9.17) is 5.73 Å². The van der Waals surface area contributed by atoms with Crippen LogP contribution in [0, 0.1) is 0 Å². The van der Waals surface area contributed by atoms with E-state index in [1.165, 1.54) is 0 Å². The maximum absolute atomic E-state index is 6.33. The Hall–Kier alpha value is -2.20. The molecule has 0 amide bonds. The van der Waals surface area contributed by atoms with Crippen molar-refractivity contribution in [3.63, 3.8) is 0 Å². The van der Waals surface area contributed by atoms with Gasteiger partial charge < -0.3 is 5.73 Å². The van der Waals surface area contributed by atoms with E-state index in [-0.39, 0.29) is 12.1 Å². The zero-order chi connectivity index (χ0) is 13.9. The Morgan fingerprint density at radius 2 is 1.95 bits per heavy atom. The molecule has 0 saturated heterocycles. The minimum atomic E-state index is -0.0406. The Kier molecular flexibility index (Phi) is 3.48. The van der Waals surface area contributed by atoms with Crippen molar-refractivity contribution in [2.75, 3.05) is 0 Å². The van der Waals surface area contributed by atoms with Gasteiger partial charge in [-0.1, -0.05) is 31.2 Å². The summed E-state index contributed by atoms with van der Waals surface area (Å²) < 4.78 is 1.99. The number of pyridine rings is 1. The van der Waals surface area contributed by atoms with Crippen LogP contribution in [-0.2, 0) is 0 Å². The first kappa shape index (κ1) is 12.8. The Bertz CT molecular complexity index is 690. The molecule has 102 valence electrons. The minimum absolute atomic E-state index is 0.0202. The Morgan fingerprint density at radius 3 is 2.70 bits per heavy atom. The topological polar surface area (TPSA) is 56.7 Å². The number of nitrogens with two attached hydrogens (primary N) is 1. The fourth-order valence-corrected chi connectivity index (χ4v) is 2.51. The number of aromatic nitrogens is 3. The lowest BCUT2D eigenvalue weighted by molar-refractivity contribution is 0.426. The molecular formula is C16H18N4. The molecule has 0 aliphatic carbocycles. The van der Waals surface area contributed by atoms with Crippen LogP contribution < -0.4 is 5.73 Å². The highest BCUT2D eigenvalue weighted by Crippen LogP contribution is 2.25. The number of fused-ring (bicyclic) bond motifs is 1. The van der Waals surface area contributed by atoms with Crippen LogP contribution in [-0.4, -0.2) is 20.8 Å². The zero-order valence-electron chi connectivity index (χ0n) is 11.5. The Labute approximate surface area is 118 Å². The third kappa shape index (κ3) is 2.18. The summed E-state index contributed by atoms with van der Waals surface area (Å²) in [5.74, 6) is 0. The van der Waals surface area contributed by atoms with Crippen molar-refractivity contribution < 1.29 is 0 Å². The first-order valence-corrected chi connectivity index (χ1v) is 6.90. The first-order chi connectivity index (χ1) is 9.81. The van der Waals surface area contributed by atoms with Crippen LogP contribution in [0.4, 0.5) is 0 Å². The molecule has 1 aromatic carbocycles. The number of hydrogen-bond acceptors (Lipinski definition) is 3. The largest absolute Gasteiger partial charge is 0.326 e. The standard InChI is InChI=1S/C16H18N4/c1-2-13(17)16(14-8-5-6-10-18-14)20-15-9-4-3-7-12(15)11-19-20/h3-11,13,16H,2,17H2,1H3. The Morgan fingerprint density at radius 1 is 1.15 bits per heavy atom. The summed E-state index contributed by atoms with van der Waals surface area (Å²) in [6.07, 6.45) is 4.56. The maximum Gasteiger partial charge on any atom is 0.110 e. The summed E-state index contributed by atoms with van der Waals surface area (Å²) in [5.41, 5.74) is 8.37. The number of hydrogen-bond donors (Lipinski definition) is 1. The average Bonchev–Trinajstić information content (AvgIpc) is 2.92. The minimum Gasteiger partial charge on any atom is -0.326 e. The van der Waals surface area contributed by atoms with Crippen LogP contribution in [0.5, 0.6) is 0 Å². The summed E-state index contributed by atoms with van der Waals surface area (Å²) in [6, 6.07) is 14.0. The summed E-state index contributed by atoms with van der Waals surface area (Å²) in [6.45, 7) is 2.09. The monoisotopic (exact) mass is 266 g/mol. The van der Waals surface area contributed by atoms with Crippen LogP contribution in [0.15, 0.2) is 54.9 Å². The number of benzene rings is 1. The van der Waals surface area contributed by atoms with E-state index in [1.807, 2.05) is 41.2 Å². The summed E-state index contributed by atoms with van der Waals surface area (Å²) in [5, 5.41) is 5.66. The van der Waals surface area contributed by atoms with Gasteiger partial charge in [-0.25, -0.2) is 0 Å². The molecular weight excluding hydrogens is 248 g/mol. The van der Waals surface area contributed by atoms with E-state index >= 15 is 0 Å². The molecule has 0 saturated carbocycles. The van der Waals surface area contributed by atoms with Crippen molar-refractivity contribution in [2.24, 2.45) is 5.73 Å². The second kappa shape index (κ2) is 5.43. The van der Waals surface area contributed by atoms with Gasteiger partial charge in [-0.3, -0.25) is 9.67 Å². The van der Waals surface area contributed by atoms with Crippen molar-refractivity contribution in [1.29, 1.82) is 0 Å². The van der Waals surface area contributed by atoms with Gasteiger partial charge in [0, 0.05) is 17.6 Å². The highest BCUT2D eigenvalue weighted by molar-refractivity contribution is 5.78. The SMILES string of the molecule is CCC(N)C(c1ccccn1)n1ncc2ccccc21. The van der Waals surface area contributed by atoms with Crippen LogP contribution in [0.2, 0.25) is 0 Å². The summed E-state index contributed by atoms with van der Waals surface area (Å²) >= 11 is 0. The van der Waals surface area contributed by atoms with E-state index in [0.29, 0.717) is 0 Å². The fraction of sp³-hybridized carbons (Fsp3) is 0.250. The molecule has 3 rings (SSSR count). The van der Waals surface area contributed by atoms with Gasteiger partial charge in [0.15, 0.2) is 0 Å². The molecule has 0 spiro atoms. The lowest BCUT2D eigenvalue weighted by Crippen LogP contribution is -2.33. The van der Waals surface area contributed by atoms with Crippen LogP contribution in [0.1, 0.15) is 25.1 Å². The molecule has 2 atom stereocenters. The van der Waals surface area contributed by atoms with Gasteiger partial charge in [-0.15, -0.1) is 0 Å². The number of para-hydroxylation sites is 1. The van der Waals surface area contributed by atoms with E-state index in [1.54, 1.807) is 6.20 Å². The predicted octanol–water partition coefficient (Wildman–Crippen LogP) is 2.76. The second-order valence-electron chi connectivity index (χ2n) is 4.92. The van der Waals surface area contributed by atoms with E-state index in [2.05, 4.69) is 29.1 Å². The summed E-state index contributed by atoms with van der Waals surface area (Å²) in [7, 11) is 0. The van der Waals surface area contributed by atoms with E-state index in [0.717, 1.165) is 23.0 Å². The van der Waals surface area contributed by atoms with Gasteiger partial charge in [-0.05, 0) is 24.6 Å². The van der Waals surface area contributed by atoms with Crippen molar-refractivity contribution in [1.82, 2.24) is 14.8 Å². The maximum atomic E-state index is 6.33. The average molecular weight is 266 g/mol. The molecule has 2 heterocycles. The molecule has 2 unspecified atom stereocenters. The molecule has 0 radical (unpaired) electrons. The van der Waals surface area contributed by atoms with Gasteiger partial charge in [0.25, 0.3) is 0 Å². The van der Waals surface area contributed by atoms with Crippen molar-refractivity contribution in [2.45, 2.75) is 25.4 Å². The van der Waals surface area contributed by atoms with Crippen LogP contribution in [0.25, 0.3) is 10.9 Å². The van der Waals surface area contributed by atoms with Gasteiger partial charge in [0.05, 0.1) is 17.4 Å². The molecule has 0 aliphatic rings. The lowest BCUT2D eigenvalue weighted by Gasteiger charge is -2.23. The molecule has 4 nitrogen and oxygen atoms in total. The first-order valence-electron chi connectivity index (χ1n) is 6.90. The van der Waals surface area contributed by atoms with Crippen molar-refractivity contribution in [3.05, 3.63) is 60.6 Å². The second-order valence-corrected chi connectivity index (χ2v) is 4.92. The molecule has 3 aromatic rings. The van der Waals surface area contributed by atoms with Crippen LogP contribution >= 0.6 is 0 Å². The third-order valence-electron chi connectivity index (χ3n) is 3.64. The number of rotatable bonds is 4. The van der Waals surface area contributed by atoms with Gasteiger partial charge in [0.2, 0.25) is 0 Å². The summed E-state index contributed by atoms with van der Waals surface area (Å²) in [4.78, 5) is 4.47. The highest BCUT2D eigenvalue weighted by Gasteiger charge is 2.23. The van der Waals surface area contributed by atoms with Gasteiger partial charge in [0.1, 0.15) is 6.04 Å². The van der Waals surface area contributed by atoms with Crippen molar-refractivity contribution in [3.8, 4) is 0 Å². The van der Waals surface area contributed by atoms with E-state index < -0.39 is 0 Å². The normalized spacial score (nSPS) is 14.3. The smallest absolute Gasteiger partial charge is 0.110 e. The van der Waals surface area contributed by atoms with Crippen molar-refractivity contribution >= 4 is 10.9 Å². The van der Waals surface area contributed by atoms with E-state index in [9.17, 15) is 0 Å². The predicted molar refractivity (Wildman–Crippen MR) is 80.4 cm³/mol. The molecule has 0 bridgehead atoms. The molecule has 0 fully saturated rings. The number of nitrogens with zero attached hydrogens (tertiary/aromatic N) is 3. The highest BCUT2D eigenvalue weighted by atomic mass is 15.3. The Balaban J connectivity index is 2.15. The molecule has 4 heteroatoms. The van der Waals surface area contributed by atoms with Crippen LogP contribution in [0.3, 0.4) is 0 Å². The lowest BCUT2D eigenvalue weighted by atomic mass is 10.0.